The number of hydrogen-bond acceptors (Lipinski definition) is 3. The summed E-state index contributed by atoms with van der Waals surface area (Å²) < 4.78 is 0. The highest BCUT2D eigenvalue weighted by molar-refractivity contribution is 5.76. The van der Waals surface area contributed by atoms with E-state index in [1.54, 1.807) is 6.08 Å². The van der Waals surface area contributed by atoms with Crippen LogP contribution in [0.3, 0.4) is 0 Å². The third-order valence-corrected chi connectivity index (χ3v) is 10.3. The van der Waals surface area contributed by atoms with Gasteiger partial charge < -0.3 is 15.5 Å². The van der Waals surface area contributed by atoms with E-state index in [9.17, 15) is 15.0 Å². The highest BCUT2D eigenvalue weighted by Crippen LogP contribution is 2.14. The van der Waals surface area contributed by atoms with Crippen LogP contribution in [0.2, 0.25) is 0 Å². The van der Waals surface area contributed by atoms with Crippen LogP contribution in [0.25, 0.3) is 0 Å². The zero-order valence-corrected chi connectivity index (χ0v) is 34.8. The van der Waals surface area contributed by atoms with E-state index in [-0.39, 0.29) is 12.5 Å². The first-order valence-corrected chi connectivity index (χ1v) is 22.9. The van der Waals surface area contributed by atoms with Crippen LogP contribution in [0.15, 0.2) is 48.6 Å². The average molecular weight is 728 g/mol. The molecule has 4 heteroatoms. The second-order valence-electron chi connectivity index (χ2n) is 15.5. The maximum Gasteiger partial charge on any atom is 0.220 e. The molecule has 0 heterocycles. The molecule has 0 aromatic heterocycles. The van der Waals surface area contributed by atoms with Crippen LogP contribution in [-0.2, 0) is 4.79 Å². The second kappa shape index (κ2) is 43.8. The summed E-state index contributed by atoms with van der Waals surface area (Å²) in [7, 11) is 0. The van der Waals surface area contributed by atoms with Gasteiger partial charge in [-0.15, -0.1) is 0 Å². The van der Waals surface area contributed by atoms with Crippen molar-refractivity contribution < 1.29 is 15.0 Å². The van der Waals surface area contributed by atoms with E-state index in [0.29, 0.717) is 6.42 Å². The number of allylic oxidation sites excluding steroid dienone is 7. The lowest BCUT2D eigenvalue weighted by molar-refractivity contribution is -0.123. The topological polar surface area (TPSA) is 69.6 Å². The zero-order valence-electron chi connectivity index (χ0n) is 34.8. The minimum absolute atomic E-state index is 0.0783. The molecule has 0 radical (unpaired) electrons. The fourth-order valence-electron chi connectivity index (χ4n) is 6.75. The normalized spacial score (nSPS) is 13.4. The van der Waals surface area contributed by atoms with Crippen molar-refractivity contribution in [1.82, 2.24) is 5.32 Å². The number of carbonyl (C=O) groups excluding carboxylic acids is 1. The number of rotatable bonds is 41. The van der Waals surface area contributed by atoms with Gasteiger partial charge in [-0.2, -0.15) is 0 Å². The molecule has 0 aliphatic carbocycles. The van der Waals surface area contributed by atoms with Crippen molar-refractivity contribution in [3.63, 3.8) is 0 Å². The van der Waals surface area contributed by atoms with Crippen LogP contribution in [0.5, 0.6) is 0 Å². The molecule has 0 saturated carbocycles. The Bertz CT molecular complexity index is 831. The van der Waals surface area contributed by atoms with Crippen LogP contribution < -0.4 is 5.32 Å². The Balaban J connectivity index is 3.61. The van der Waals surface area contributed by atoms with Crippen molar-refractivity contribution in [2.24, 2.45) is 0 Å². The molecular weight excluding hydrogens is 639 g/mol. The summed E-state index contributed by atoms with van der Waals surface area (Å²) in [4.78, 5) is 12.4. The number of aliphatic hydroxyl groups is 2. The van der Waals surface area contributed by atoms with Gasteiger partial charge in [0.05, 0.1) is 18.8 Å². The van der Waals surface area contributed by atoms with Gasteiger partial charge in [0, 0.05) is 6.42 Å². The van der Waals surface area contributed by atoms with Crippen LogP contribution in [0.1, 0.15) is 232 Å². The van der Waals surface area contributed by atoms with E-state index in [4.69, 9.17) is 0 Å². The fourth-order valence-corrected chi connectivity index (χ4v) is 6.75. The number of aliphatic hydroxyl groups excluding tert-OH is 2. The summed E-state index contributed by atoms with van der Waals surface area (Å²) in [6.45, 7) is 4.29. The summed E-state index contributed by atoms with van der Waals surface area (Å²) in [6, 6.07) is -0.642. The molecule has 0 fully saturated rings. The minimum Gasteiger partial charge on any atom is -0.394 e. The van der Waals surface area contributed by atoms with Crippen LogP contribution >= 0.6 is 0 Å². The smallest absolute Gasteiger partial charge is 0.220 e. The van der Waals surface area contributed by atoms with Crippen LogP contribution in [0, 0.1) is 0 Å². The Morgan fingerprint density at radius 2 is 0.808 bits per heavy atom. The predicted octanol–water partition coefficient (Wildman–Crippen LogP) is 14.4. The van der Waals surface area contributed by atoms with Gasteiger partial charge in [-0.1, -0.05) is 210 Å². The van der Waals surface area contributed by atoms with E-state index in [1.165, 1.54) is 173 Å². The Morgan fingerprint density at radius 3 is 1.23 bits per heavy atom. The quantitative estimate of drug-likeness (QED) is 0.0434. The highest BCUT2D eigenvalue weighted by atomic mass is 16.3. The lowest BCUT2D eigenvalue weighted by atomic mass is 10.0. The number of unbranched alkanes of at least 4 members (excludes halogenated alkanes) is 28. The Kier molecular flexibility index (Phi) is 42.4. The maximum absolute atomic E-state index is 12.4. The molecule has 0 rings (SSSR count). The molecule has 2 unspecified atom stereocenters. The highest BCUT2D eigenvalue weighted by Gasteiger charge is 2.17. The van der Waals surface area contributed by atoms with E-state index in [1.807, 2.05) is 6.08 Å². The number of carbonyl (C=O) groups is 1. The molecule has 304 valence electrons. The van der Waals surface area contributed by atoms with Gasteiger partial charge in [-0.25, -0.2) is 0 Å². The zero-order chi connectivity index (χ0) is 37.8. The minimum atomic E-state index is -0.864. The van der Waals surface area contributed by atoms with Gasteiger partial charge in [0.15, 0.2) is 0 Å². The molecule has 3 N–H and O–H groups in total. The first-order valence-electron chi connectivity index (χ1n) is 22.9. The summed E-state index contributed by atoms with van der Waals surface area (Å²) in [5, 5.41) is 23.0. The second-order valence-corrected chi connectivity index (χ2v) is 15.5. The standard InChI is InChI=1S/C48H89NO3/c1-3-5-7-9-11-13-15-17-19-21-23-24-26-28-30-32-34-36-38-40-42-44-48(52)49-46(45-50)47(51)43-41-39-37-35-33-31-29-27-25-22-20-18-16-14-12-10-8-6-4-2/h15,17,21,23,33,35,41,43,46-47,50-51H,3-14,16,18-20,22,24-32,34,36-40,42,44-45H2,1-2H3,(H,49,52)/b17-15-,23-21-,35-33+,43-41+. The summed E-state index contributed by atoms with van der Waals surface area (Å²) in [5.74, 6) is -0.0783. The van der Waals surface area contributed by atoms with E-state index >= 15 is 0 Å². The van der Waals surface area contributed by atoms with Gasteiger partial charge in [-0.3, -0.25) is 4.79 Å². The van der Waals surface area contributed by atoms with Crippen molar-refractivity contribution in [1.29, 1.82) is 0 Å². The molecule has 0 aromatic carbocycles. The van der Waals surface area contributed by atoms with Crippen molar-refractivity contribution in [2.45, 2.75) is 244 Å². The first kappa shape index (κ1) is 50.4. The SMILES string of the molecule is CCCCCCC/C=C\C/C=C\CCCCCCCCCCCC(=O)NC(CO)C(O)/C=C/CC/C=C/CCCCCCCCCCCCCCC. The average Bonchev–Trinajstić information content (AvgIpc) is 3.15. The molecular formula is C48H89NO3. The number of hydrogen-bond donors (Lipinski definition) is 3. The summed E-state index contributed by atoms with van der Waals surface area (Å²) in [6.07, 6.45) is 59.4. The monoisotopic (exact) mass is 728 g/mol. The fraction of sp³-hybridized carbons (Fsp3) is 0.812. The Morgan fingerprint density at radius 1 is 0.462 bits per heavy atom. The lowest BCUT2D eigenvalue weighted by Crippen LogP contribution is -2.45. The van der Waals surface area contributed by atoms with Crippen molar-refractivity contribution in [2.75, 3.05) is 6.61 Å². The molecule has 1 amide bonds. The van der Waals surface area contributed by atoms with Gasteiger partial charge in [0.25, 0.3) is 0 Å². The van der Waals surface area contributed by atoms with Gasteiger partial charge >= 0.3 is 0 Å². The molecule has 0 saturated heterocycles. The van der Waals surface area contributed by atoms with Gasteiger partial charge in [-0.05, 0) is 64.2 Å². The Hall–Kier alpha value is -1.65. The van der Waals surface area contributed by atoms with Gasteiger partial charge in [0.2, 0.25) is 5.91 Å². The van der Waals surface area contributed by atoms with Crippen molar-refractivity contribution in [3.8, 4) is 0 Å². The maximum atomic E-state index is 12.4. The Labute approximate surface area is 324 Å². The molecule has 0 bridgehead atoms. The first-order chi connectivity index (χ1) is 25.7. The van der Waals surface area contributed by atoms with Crippen molar-refractivity contribution in [3.05, 3.63) is 48.6 Å². The summed E-state index contributed by atoms with van der Waals surface area (Å²) in [5.41, 5.74) is 0. The predicted molar refractivity (Wildman–Crippen MR) is 230 cm³/mol. The largest absolute Gasteiger partial charge is 0.394 e. The van der Waals surface area contributed by atoms with Crippen LogP contribution in [0.4, 0.5) is 0 Å². The lowest BCUT2D eigenvalue weighted by Gasteiger charge is -2.19. The molecule has 0 aliphatic heterocycles. The van der Waals surface area contributed by atoms with Crippen LogP contribution in [-0.4, -0.2) is 34.9 Å². The summed E-state index contributed by atoms with van der Waals surface area (Å²) >= 11 is 0. The van der Waals surface area contributed by atoms with E-state index in [2.05, 4.69) is 55.6 Å². The third kappa shape index (κ3) is 39.6. The van der Waals surface area contributed by atoms with E-state index < -0.39 is 12.1 Å². The molecule has 0 aliphatic rings. The number of nitrogens with one attached hydrogen (secondary N) is 1. The van der Waals surface area contributed by atoms with Gasteiger partial charge in [0.1, 0.15) is 0 Å². The molecule has 52 heavy (non-hydrogen) atoms. The third-order valence-electron chi connectivity index (χ3n) is 10.3. The molecule has 0 spiro atoms. The van der Waals surface area contributed by atoms with Crippen molar-refractivity contribution >= 4 is 5.91 Å². The molecule has 4 nitrogen and oxygen atoms in total. The number of amides is 1. The molecule has 0 aromatic rings. The molecule has 2 atom stereocenters. The van der Waals surface area contributed by atoms with E-state index in [0.717, 1.165) is 38.5 Å².